The largest absolute Gasteiger partial charge is 0.381 e. The van der Waals surface area contributed by atoms with Gasteiger partial charge in [-0.25, -0.2) is 0 Å². The number of aliphatic imine (C=N–C) groups is 1. The number of halogens is 1. The second kappa shape index (κ2) is 14.7. The van der Waals surface area contributed by atoms with Crippen molar-refractivity contribution >= 4 is 35.8 Å². The van der Waals surface area contributed by atoms with Crippen LogP contribution in [0.1, 0.15) is 48.0 Å². The molecule has 144 valence electrons. The summed E-state index contributed by atoms with van der Waals surface area (Å²) in [5.74, 6) is 1.34. The van der Waals surface area contributed by atoms with E-state index >= 15 is 0 Å². The predicted molar refractivity (Wildman–Crippen MR) is 112 cm³/mol. The molecule has 0 heterocycles. The standard InChI is InChI=1S/C17H36N4O2.HI/c1-7-18-15(22)17(5,6)13-21-16(19-8-2)20-10-9-11-23-12-14(3)4;/h14H,7-13H2,1-6H3,(H,18,22)(H2,19,20,21);1H. The molecule has 0 saturated carbocycles. The van der Waals surface area contributed by atoms with E-state index < -0.39 is 5.41 Å². The molecule has 0 saturated heterocycles. The Bertz CT molecular complexity index is 360. The fourth-order valence-electron chi connectivity index (χ4n) is 1.79. The van der Waals surface area contributed by atoms with Crippen molar-refractivity contribution < 1.29 is 9.53 Å². The zero-order chi connectivity index (χ0) is 17.7. The fraction of sp³-hybridized carbons (Fsp3) is 0.882. The van der Waals surface area contributed by atoms with Crippen LogP contribution >= 0.6 is 24.0 Å². The van der Waals surface area contributed by atoms with Gasteiger partial charge < -0.3 is 20.7 Å². The average molecular weight is 456 g/mol. The highest BCUT2D eigenvalue weighted by Gasteiger charge is 2.26. The molecule has 0 aliphatic heterocycles. The lowest BCUT2D eigenvalue weighted by molar-refractivity contribution is -0.128. The molecule has 0 aromatic heterocycles. The summed E-state index contributed by atoms with van der Waals surface area (Å²) in [6, 6.07) is 0. The first-order chi connectivity index (χ1) is 10.8. The third-order valence-corrected chi connectivity index (χ3v) is 3.14. The van der Waals surface area contributed by atoms with Crippen LogP contribution in [-0.4, -0.2) is 51.3 Å². The minimum absolute atomic E-state index is 0. The third kappa shape index (κ3) is 12.8. The van der Waals surface area contributed by atoms with Gasteiger partial charge in [0.25, 0.3) is 0 Å². The van der Waals surface area contributed by atoms with Gasteiger partial charge in [-0.05, 0) is 40.0 Å². The van der Waals surface area contributed by atoms with E-state index in [1.807, 2.05) is 27.7 Å². The molecule has 1 amide bonds. The Hall–Kier alpha value is -0.570. The Morgan fingerprint density at radius 2 is 1.75 bits per heavy atom. The molecule has 0 aliphatic rings. The van der Waals surface area contributed by atoms with Gasteiger partial charge in [0.1, 0.15) is 0 Å². The van der Waals surface area contributed by atoms with Crippen molar-refractivity contribution in [2.24, 2.45) is 16.3 Å². The number of nitrogens with one attached hydrogen (secondary N) is 3. The van der Waals surface area contributed by atoms with Crippen LogP contribution < -0.4 is 16.0 Å². The van der Waals surface area contributed by atoms with E-state index in [0.717, 1.165) is 38.7 Å². The van der Waals surface area contributed by atoms with Crippen LogP contribution in [0, 0.1) is 11.3 Å². The van der Waals surface area contributed by atoms with Crippen molar-refractivity contribution in [3.63, 3.8) is 0 Å². The molecule has 3 N–H and O–H groups in total. The van der Waals surface area contributed by atoms with Crippen molar-refractivity contribution in [2.75, 3.05) is 39.4 Å². The molecule has 0 rings (SSSR count). The van der Waals surface area contributed by atoms with Gasteiger partial charge in [-0.15, -0.1) is 24.0 Å². The summed E-state index contributed by atoms with van der Waals surface area (Å²) in [7, 11) is 0. The fourth-order valence-corrected chi connectivity index (χ4v) is 1.79. The maximum absolute atomic E-state index is 12.0. The number of nitrogens with zero attached hydrogens (tertiary/aromatic N) is 1. The lowest BCUT2D eigenvalue weighted by Crippen LogP contribution is -2.42. The van der Waals surface area contributed by atoms with Crippen LogP contribution in [0.5, 0.6) is 0 Å². The number of carbonyl (C=O) groups excluding carboxylic acids is 1. The smallest absolute Gasteiger partial charge is 0.227 e. The van der Waals surface area contributed by atoms with E-state index in [9.17, 15) is 4.79 Å². The second-order valence-corrected chi connectivity index (χ2v) is 6.69. The Morgan fingerprint density at radius 3 is 2.29 bits per heavy atom. The average Bonchev–Trinajstić information content (AvgIpc) is 2.48. The molecule has 24 heavy (non-hydrogen) atoms. The van der Waals surface area contributed by atoms with Gasteiger partial charge in [0.2, 0.25) is 5.91 Å². The molecule has 0 radical (unpaired) electrons. The van der Waals surface area contributed by atoms with Crippen LogP contribution in [0.4, 0.5) is 0 Å². The number of rotatable bonds is 11. The minimum Gasteiger partial charge on any atom is -0.381 e. The molecule has 0 spiro atoms. The van der Waals surface area contributed by atoms with Crippen LogP contribution in [0.25, 0.3) is 0 Å². The summed E-state index contributed by atoms with van der Waals surface area (Å²) < 4.78 is 5.56. The van der Waals surface area contributed by atoms with Crippen molar-refractivity contribution in [3.8, 4) is 0 Å². The summed E-state index contributed by atoms with van der Waals surface area (Å²) in [5.41, 5.74) is -0.515. The number of guanidine groups is 1. The highest BCUT2D eigenvalue weighted by molar-refractivity contribution is 14.0. The van der Waals surface area contributed by atoms with Gasteiger partial charge >= 0.3 is 0 Å². The molecule has 0 aromatic rings. The summed E-state index contributed by atoms with van der Waals surface area (Å²) in [6.07, 6.45) is 0.927. The van der Waals surface area contributed by atoms with E-state index in [1.54, 1.807) is 0 Å². The quantitative estimate of drug-likeness (QED) is 0.193. The lowest BCUT2D eigenvalue weighted by atomic mass is 9.92. The molecule has 7 heteroatoms. The summed E-state index contributed by atoms with van der Waals surface area (Å²) in [4.78, 5) is 16.5. The SMILES string of the molecule is CCNC(=O)C(C)(C)CN=C(NCC)NCCCOCC(C)C.I. The van der Waals surface area contributed by atoms with Crippen molar-refractivity contribution in [1.29, 1.82) is 0 Å². The van der Waals surface area contributed by atoms with Gasteiger partial charge in [-0.2, -0.15) is 0 Å². The number of carbonyl (C=O) groups is 1. The lowest BCUT2D eigenvalue weighted by Gasteiger charge is -2.22. The van der Waals surface area contributed by atoms with E-state index in [2.05, 4.69) is 34.8 Å². The molecule has 0 aromatic carbocycles. The summed E-state index contributed by atoms with van der Waals surface area (Å²) >= 11 is 0. The molecule has 0 aliphatic carbocycles. The Labute approximate surface area is 165 Å². The Morgan fingerprint density at radius 1 is 1.12 bits per heavy atom. The van der Waals surface area contributed by atoms with E-state index in [0.29, 0.717) is 19.0 Å². The topological polar surface area (TPSA) is 74.8 Å². The van der Waals surface area contributed by atoms with Crippen molar-refractivity contribution in [2.45, 2.75) is 48.0 Å². The number of amides is 1. The molecule has 0 bridgehead atoms. The Kier molecular flexibility index (Phi) is 15.8. The monoisotopic (exact) mass is 456 g/mol. The normalized spacial score (nSPS) is 11.9. The van der Waals surface area contributed by atoms with Gasteiger partial charge in [0.05, 0.1) is 12.0 Å². The molecule has 0 fully saturated rings. The molecule has 6 nitrogen and oxygen atoms in total. The van der Waals surface area contributed by atoms with Gasteiger partial charge in [0.15, 0.2) is 5.96 Å². The second-order valence-electron chi connectivity index (χ2n) is 6.69. The third-order valence-electron chi connectivity index (χ3n) is 3.14. The number of ether oxygens (including phenoxy) is 1. The van der Waals surface area contributed by atoms with E-state index in [-0.39, 0.29) is 29.9 Å². The van der Waals surface area contributed by atoms with Crippen LogP contribution in [0.3, 0.4) is 0 Å². The molecular formula is C17H37IN4O2. The Balaban J connectivity index is 0. The van der Waals surface area contributed by atoms with Crippen LogP contribution in [0.2, 0.25) is 0 Å². The highest BCUT2D eigenvalue weighted by atomic mass is 127. The number of hydrogen-bond donors (Lipinski definition) is 3. The van der Waals surface area contributed by atoms with Gasteiger partial charge in [-0.1, -0.05) is 13.8 Å². The van der Waals surface area contributed by atoms with E-state index in [1.165, 1.54) is 0 Å². The molecule has 0 unspecified atom stereocenters. The highest BCUT2D eigenvalue weighted by Crippen LogP contribution is 2.15. The minimum atomic E-state index is -0.515. The maximum atomic E-state index is 12.0. The summed E-state index contributed by atoms with van der Waals surface area (Å²) in [6.45, 7) is 16.3. The zero-order valence-electron chi connectivity index (χ0n) is 16.2. The van der Waals surface area contributed by atoms with Gasteiger partial charge in [0, 0.05) is 32.8 Å². The molecule has 0 atom stereocenters. The predicted octanol–water partition coefficient (Wildman–Crippen LogP) is 2.38. The summed E-state index contributed by atoms with van der Waals surface area (Å²) in [5, 5.41) is 9.33. The maximum Gasteiger partial charge on any atom is 0.227 e. The van der Waals surface area contributed by atoms with Crippen LogP contribution in [0.15, 0.2) is 4.99 Å². The van der Waals surface area contributed by atoms with E-state index in [4.69, 9.17) is 4.74 Å². The van der Waals surface area contributed by atoms with Crippen LogP contribution in [-0.2, 0) is 9.53 Å². The molecular weight excluding hydrogens is 419 g/mol. The first-order valence-electron chi connectivity index (χ1n) is 8.71. The first kappa shape index (κ1) is 25.7. The van der Waals surface area contributed by atoms with Crippen molar-refractivity contribution in [1.82, 2.24) is 16.0 Å². The zero-order valence-corrected chi connectivity index (χ0v) is 18.5. The number of hydrogen-bond acceptors (Lipinski definition) is 3. The van der Waals surface area contributed by atoms with Gasteiger partial charge in [-0.3, -0.25) is 9.79 Å². The first-order valence-corrected chi connectivity index (χ1v) is 8.71. The van der Waals surface area contributed by atoms with Crippen molar-refractivity contribution in [3.05, 3.63) is 0 Å².